The summed E-state index contributed by atoms with van der Waals surface area (Å²) in [5.74, 6) is -1.91. The molecule has 0 bridgehead atoms. The van der Waals surface area contributed by atoms with E-state index in [9.17, 15) is 39.3 Å². The van der Waals surface area contributed by atoms with E-state index in [1.54, 1.807) is 0 Å². The summed E-state index contributed by atoms with van der Waals surface area (Å²) in [5.41, 5.74) is 0. The molecule has 5 unspecified atom stereocenters. The van der Waals surface area contributed by atoms with Crippen molar-refractivity contribution in [2.24, 2.45) is 0 Å². The van der Waals surface area contributed by atoms with Gasteiger partial charge in [-0.25, -0.2) is 34.8 Å². The predicted molar refractivity (Wildman–Crippen MR) is 87.4 cm³/mol. The fourth-order valence-electron chi connectivity index (χ4n) is 2.29. The first-order chi connectivity index (χ1) is 11.8. The van der Waals surface area contributed by atoms with E-state index >= 15 is 0 Å². The minimum atomic E-state index is -5.18. The van der Waals surface area contributed by atoms with Crippen LogP contribution in [0.5, 0.6) is 0 Å². The molecule has 0 fully saturated rings. The highest BCUT2D eigenvalue weighted by Crippen LogP contribution is 2.22. The van der Waals surface area contributed by atoms with Gasteiger partial charge in [0.25, 0.3) is 0 Å². The molecule has 160 valence electrons. The zero-order valence-electron chi connectivity index (χ0n) is 15.5. The monoisotopic (exact) mass is 417 g/mol. The second kappa shape index (κ2) is 12.8. The molecule has 0 rings (SSSR count). The van der Waals surface area contributed by atoms with Gasteiger partial charge in [0.1, 0.15) is 12.8 Å². The summed E-state index contributed by atoms with van der Waals surface area (Å²) in [5, 5.41) is 0. The highest BCUT2D eigenvalue weighted by Gasteiger charge is 2.40. The van der Waals surface area contributed by atoms with Crippen molar-refractivity contribution in [3.63, 3.8) is 0 Å². The SMILES string of the molecule is CC[N+](CC)(CC)CC.O=S(=O)([O-])CC(F)C(F)C(F)C(F)C(F)CF. The Bertz CT molecular complexity index is 447. The number of halogens is 6. The van der Waals surface area contributed by atoms with Crippen molar-refractivity contribution in [1.82, 2.24) is 0 Å². The van der Waals surface area contributed by atoms with Crippen LogP contribution in [0.1, 0.15) is 27.7 Å². The predicted octanol–water partition coefficient (Wildman–Crippen LogP) is 3.07. The van der Waals surface area contributed by atoms with Crippen LogP contribution < -0.4 is 0 Å². The van der Waals surface area contributed by atoms with E-state index in [4.69, 9.17) is 0 Å². The third-order valence-electron chi connectivity index (χ3n) is 4.49. The van der Waals surface area contributed by atoms with E-state index in [1.807, 2.05) is 0 Å². The second-order valence-electron chi connectivity index (χ2n) is 5.85. The standard InChI is InChI=1S/C8H20N.C7H10F6O3S/c1-5-9(6-2,7-3)8-4;8-1-3(9)5(11)7(13)6(12)4(10)2-17(14,15)16/h5-8H2,1-4H3;3-7H,1-2H2,(H,14,15,16)/q+1;/p-1. The summed E-state index contributed by atoms with van der Waals surface area (Å²) in [7, 11) is -5.18. The molecule has 0 spiro atoms. The van der Waals surface area contributed by atoms with Gasteiger partial charge < -0.3 is 9.04 Å². The lowest BCUT2D eigenvalue weighted by atomic mass is 10.1. The summed E-state index contributed by atoms with van der Waals surface area (Å²) < 4.78 is 106. The average molecular weight is 417 g/mol. The van der Waals surface area contributed by atoms with Crippen molar-refractivity contribution in [2.75, 3.05) is 38.6 Å². The molecule has 0 aromatic heterocycles. The van der Waals surface area contributed by atoms with Crippen molar-refractivity contribution < 1.29 is 43.8 Å². The minimum absolute atomic E-state index is 1.28. The maximum absolute atomic E-state index is 12.8. The first-order valence-electron chi connectivity index (χ1n) is 8.39. The summed E-state index contributed by atoms with van der Waals surface area (Å²) in [6.45, 7) is 12.3. The van der Waals surface area contributed by atoms with Crippen LogP contribution in [0.3, 0.4) is 0 Å². The highest BCUT2D eigenvalue weighted by atomic mass is 32.2. The molecule has 11 heteroatoms. The van der Waals surface area contributed by atoms with Gasteiger partial charge in [-0.15, -0.1) is 0 Å². The number of rotatable bonds is 11. The number of hydrogen-bond acceptors (Lipinski definition) is 3. The van der Waals surface area contributed by atoms with E-state index in [2.05, 4.69) is 27.7 Å². The first-order valence-corrected chi connectivity index (χ1v) is 9.97. The van der Waals surface area contributed by atoms with E-state index in [1.165, 1.54) is 30.7 Å². The Morgan fingerprint density at radius 1 is 0.769 bits per heavy atom. The zero-order chi connectivity index (χ0) is 21.1. The van der Waals surface area contributed by atoms with E-state index < -0.39 is 53.4 Å². The molecule has 0 saturated carbocycles. The maximum Gasteiger partial charge on any atom is 0.168 e. The van der Waals surface area contributed by atoms with Crippen LogP contribution in [-0.4, -0.2) is 86.9 Å². The third-order valence-corrected chi connectivity index (χ3v) is 5.22. The van der Waals surface area contributed by atoms with Crippen LogP contribution in [0, 0.1) is 0 Å². The molecule has 0 aliphatic carbocycles. The van der Waals surface area contributed by atoms with Gasteiger partial charge in [-0.3, -0.25) is 0 Å². The average Bonchev–Trinajstić information content (AvgIpc) is 2.60. The van der Waals surface area contributed by atoms with Crippen molar-refractivity contribution in [1.29, 1.82) is 0 Å². The Labute approximate surface area is 151 Å². The van der Waals surface area contributed by atoms with Gasteiger partial charge in [-0.1, -0.05) is 0 Å². The Hall–Kier alpha value is -0.550. The first kappa shape index (κ1) is 27.7. The number of quaternary nitrogens is 1. The third kappa shape index (κ3) is 9.96. The van der Waals surface area contributed by atoms with Gasteiger partial charge in [0, 0.05) is 0 Å². The van der Waals surface area contributed by atoms with Gasteiger partial charge in [0.05, 0.1) is 42.1 Å². The van der Waals surface area contributed by atoms with E-state index in [0.717, 1.165) is 0 Å². The lowest BCUT2D eigenvalue weighted by Crippen LogP contribution is -2.47. The minimum Gasteiger partial charge on any atom is -0.748 e. The van der Waals surface area contributed by atoms with Gasteiger partial charge in [0.15, 0.2) is 24.7 Å². The quantitative estimate of drug-likeness (QED) is 0.295. The largest absolute Gasteiger partial charge is 0.748 e. The van der Waals surface area contributed by atoms with Gasteiger partial charge in [0.2, 0.25) is 0 Å². The van der Waals surface area contributed by atoms with Gasteiger partial charge in [-0.2, -0.15) is 0 Å². The number of alkyl halides is 6. The van der Waals surface area contributed by atoms with Crippen LogP contribution in [0.2, 0.25) is 0 Å². The molecule has 0 N–H and O–H groups in total. The van der Waals surface area contributed by atoms with Crippen molar-refractivity contribution in [2.45, 2.75) is 58.6 Å². The van der Waals surface area contributed by atoms with E-state index in [-0.39, 0.29) is 0 Å². The Balaban J connectivity index is 0. The molecule has 0 aliphatic rings. The van der Waals surface area contributed by atoms with Crippen LogP contribution in [0.4, 0.5) is 26.3 Å². The van der Waals surface area contributed by atoms with Crippen molar-refractivity contribution >= 4 is 10.1 Å². The summed E-state index contributed by atoms with van der Waals surface area (Å²) in [6.07, 6.45) is -16.2. The molecule has 0 heterocycles. The zero-order valence-corrected chi connectivity index (χ0v) is 16.3. The lowest BCUT2D eigenvalue weighted by molar-refractivity contribution is -0.921. The van der Waals surface area contributed by atoms with Crippen molar-refractivity contribution in [3.05, 3.63) is 0 Å². The normalized spacial score (nSPS) is 18.3. The smallest absolute Gasteiger partial charge is 0.168 e. The second-order valence-corrected chi connectivity index (χ2v) is 7.30. The lowest BCUT2D eigenvalue weighted by Gasteiger charge is -2.34. The molecule has 0 aliphatic heterocycles. The molecule has 5 atom stereocenters. The van der Waals surface area contributed by atoms with Crippen LogP contribution in [-0.2, 0) is 10.1 Å². The fourth-order valence-corrected chi connectivity index (χ4v) is 2.86. The van der Waals surface area contributed by atoms with Crippen LogP contribution in [0.25, 0.3) is 0 Å². The fraction of sp³-hybridized carbons (Fsp3) is 1.00. The molecule has 0 radical (unpaired) electrons. The van der Waals surface area contributed by atoms with Gasteiger partial charge >= 0.3 is 0 Å². The molecule has 4 nitrogen and oxygen atoms in total. The van der Waals surface area contributed by atoms with E-state index in [0.29, 0.717) is 0 Å². The molecule has 0 aromatic carbocycles. The number of nitrogens with zero attached hydrogens (tertiary/aromatic N) is 1. The molecule has 0 amide bonds. The number of hydrogen-bond donors (Lipinski definition) is 0. The Morgan fingerprint density at radius 3 is 1.35 bits per heavy atom. The van der Waals surface area contributed by atoms with Crippen LogP contribution in [0.15, 0.2) is 0 Å². The molecule has 26 heavy (non-hydrogen) atoms. The molecular weight excluding hydrogens is 388 g/mol. The topological polar surface area (TPSA) is 57.2 Å². The molecule has 0 saturated heterocycles. The van der Waals surface area contributed by atoms with Gasteiger partial charge in [-0.05, 0) is 27.7 Å². The molecular formula is C15H29F6NO3S. The van der Waals surface area contributed by atoms with Crippen molar-refractivity contribution in [3.8, 4) is 0 Å². The Kier molecular flexibility index (Phi) is 13.6. The maximum atomic E-state index is 12.8. The van der Waals surface area contributed by atoms with Crippen LogP contribution >= 0.6 is 0 Å². The Morgan fingerprint density at radius 2 is 1.12 bits per heavy atom. The molecule has 0 aromatic rings. The highest BCUT2D eigenvalue weighted by molar-refractivity contribution is 7.85. The summed E-state index contributed by atoms with van der Waals surface area (Å²) in [4.78, 5) is 0. The summed E-state index contributed by atoms with van der Waals surface area (Å²) >= 11 is 0. The summed E-state index contributed by atoms with van der Waals surface area (Å²) in [6, 6.07) is 0.